The van der Waals surface area contributed by atoms with Gasteiger partial charge in [-0.05, 0) is 54.8 Å². The molecule has 0 heterocycles. The van der Waals surface area contributed by atoms with Crippen LogP contribution in [0.3, 0.4) is 0 Å². The maximum Gasteiger partial charge on any atom is 0.264 e. The molecule has 0 aliphatic rings. The second-order valence-corrected chi connectivity index (χ2v) is 10.3. The number of amides is 1. The molecule has 0 bridgehead atoms. The lowest BCUT2D eigenvalue weighted by Gasteiger charge is -2.24. The largest absolute Gasteiger partial charge is 0.497 e. The van der Waals surface area contributed by atoms with Crippen LogP contribution in [0.4, 0.5) is 5.69 Å². The first-order chi connectivity index (χ1) is 16.7. The van der Waals surface area contributed by atoms with Crippen LogP contribution in [0.15, 0.2) is 77.7 Å². The molecule has 0 atom stereocenters. The van der Waals surface area contributed by atoms with Crippen molar-refractivity contribution in [2.75, 3.05) is 31.1 Å². The van der Waals surface area contributed by atoms with Crippen LogP contribution in [0.25, 0.3) is 0 Å². The molecule has 3 rings (SSSR count). The SMILES string of the molecule is COc1cccc(OCCNC(=O)CN(c2ccc(C(C)C)cc2)S(=O)(=O)c2ccc(C)cc2)c1. The number of nitrogens with one attached hydrogen (secondary N) is 1. The van der Waals surface area contributed by atoms with Crippen molar-refractivity contribution in [1.82, 2.24) is 5.32 Å². The van der Waals surface area contributed by atoms with Gasteiger partial charge in [-0.3, -0.25) is 9.10 Å². The van der Waals surface area contributed by atoms with E-state index in [1.54, 1.807) is 55.6 Å². The van der Waals surface area contributed by atoms with Gasteiger partial charge in [-0.1, -0.05) is 49.7 Å². The van der Waals surface area contributed by atoms with E-state index in [-0.39, 0.29) is 24.6 Å². The quantitative estimate of drug-likeness (QED) is 0.395. The molecular weight excluding hydrogens is 464 g/mol. The zero-order valence-electron chi connectivity index (χ0n) is 20.5. The van der Waals surface area contributed by atoms with Crippen LogP contribution < -0.4 is 19.1 Å². The van der Waals surface area contributed by atoms with Gasteiger partial charge in [0.25, 0.3) is 10.0 Å². The molecule has 0 saturated heterocycles. The third-order valence-corrected chi connectivity index (χ3v) is 7.27. The van der Waals surface area contributed by atoms with Crippen LogP contribution in [0.5, 0.6) is 11.5 Å². The van der Waals surface area contributed by atoms with Crippen LogP contribution in [-0.2, 0) is 14.8 Å². The first kappa shape index (κ1) is 26.1. The predicted octanol–water partition coefficient (Wildman–Crippen LogP) is 4.52. The summed E-state index contributed by atoms with van der Waals surface area (Å²) in [6.07, 6.45) is 0. The number of methoxy groups -OCH3 is 1. The zero-order valence-corrected chi connectivity index (χ0v) is 21.3. The van der Waals surface area contributed by atoms with Crippen LogP contribution in [-0.4, -0.2) is 41.1 Å². The summed E-state index contributed by atoms with van der Waals surface area (Å²) >= 11 is 0. The molecule has 3 aromatic carbocycles. The van der Waals surface area contributed by atoms with Gasteiger partial charge >= 0.3 is 0 Å². The van der Waals surface area contributed by atoms with Gasteiger partial charge in [0.1, 0.15) is 24.7 Å². The Labute approximate surface area is 207 Å². The third-order valence-electron chi connectivity index (χ3n) is 5.48. The molecule has 186 valence electrons. The summed E-state index contributed by atoms with van der Waals surface area (Å²) in [6, 6.07) is 21.0. The van der Waals surface area contributed by atoms with Gasteiger partial charge in [-0.2, -0.15) is 0 Å². The fourth-order valence-electron chi connectivity index (χ4n) is 3.41. The molecule has 0 radical (unpaired) electrons. The van der Waals surface area contributed by atoms with Crippen molar-refractivity contribution in [3.05, 3.63) is 83.9 Å². The fourth-order valence-corrected chi connectivity index (χ4v) is 4.84. The number of ether oxygens (including phenoxy) is 2. The van der Waals surface area contributed by atoms with E-state index in [1.807, 2.05) is 31.2 Å². The van der Waals surface area contributed by atoms with Gasteiger partial charge in [0.2, 0.25) is 5.91 Å². The van der Waals surface area contributed by atoms with Gasteiger partial charge < -0.3 is 14.8 Å². The molecule has 1 amide bonds. The molecule has 0 aromatic heterocycles. The van der Waals surface area contributed by atoms with Crippen molar-refractivity contribution in [3.8, 4) is 11.5 Å². The van der Waals surface area contributed by atoms with E-state index in [9.17, 15) is 13.2 Å². The molecule has 0 spiro atoms. The van der Waals surface area contributed by atoms with E-state index in [1.165, 1.54) is 0 Å². The number of rotatable bonds is 11. The number of hydrogen-bond donors (Lipinski definition) is 1. The highest BCUT2D eigenvalue weighted by molar-refractivity contribution is 7.92. The average molecular weight is 497 g/mol. The number of sulfonamides is 1. The number of anilines is 1. The average Bonchev–Trinajstić information content (AvgIpc) is 2.85. The van der Waals surface area contributed by atoms with E-state index in [0.717, 1.165) is 15.4 Å². The molecule has 8 heteroatoms. The molecule has 0 aliphatic carbocycles. The lowest BCUT2D eigenvalue weighted by atomic mass is 10.0. The Balaban J connectivity index is 1.72. The van der Waals surface area contributed by atoms with Crippen molar-refractivity contribution in [2.45, 2.75) is 31.6 Å². The minimum Gasteiger partial charge on any atom is -0.497 e. The van der Waals surface area contributed by atoms with Crippen LogP contribution in [0.1, 0.15) is 30.9 Å². The van der Waals surface area contributed by atoms with Crippen LogP contribution in [0.2, 0.25) is 0 Å². The summed E-state index contributed by atoms with van der Waals surface area (Å²) < 4.78 is 38.9. The summed E-state index contributed by atoms with van der Waals surface area (Å²) in [5.41, 5.74) is 2.46. The summed E-state index contributed by atoms with van der Waals surface area (Å²) in [6.45, 7) is 6.12. The standard InChI is InChI=1S/C27H32N2O5S/c1-20(2)22-10-12-23(13-11-22)29(35(31,32)26-14-8-21(3)9-15-26)19-27(30)28-16-17-34-25-7-5-6-24(18-25)33-4/h5-15,18,20H,16-17,19H2,1-4H3,(H,28,30). The summed E-state index contributed by atoms with van der Waals surface area (Å²) in [7, 11) is -2.38. The minimum absolute atomic E-state index is 0.130. The first-order valence-corrected chi connectivity index (χ1v) is 12.9. The third kappa shape index (κ3) is 6.99. The monoisotopic (exact) mass is 496 g/mol. The maximum atomic E-state index is 13.5. The van der Waals surface area contributed by atoms with E-state index in [4.69, 9.17) is 9.47 Å². The maximum absolute atomic E-state index is 13.5. The van der Waals surface area contributed by atoms with Crippen molar-refractivity contribution in [3.63, 3.8) is 0 Å². The zero-order chi connectivity index (χ0) is 25.4. The second kappa shape index (κ2) is 11.8. The number of aryl methyl sites for hydroxylation is 1. The molecule has 3 aromatic rings. The van der Waals surface area contributed by atoms with Crippen LogP contribution >= 0.6 is 0 Å². The number of carbonyl (C=O) groups excluding carboxylic acids is 1. The smallest absolute Gasteiger partial charge is 0.264 e. The molecule has 0 fully saturated rings. The highest BCUT2D eigenvalue weighted by atomic mass is 32.2. The molecule has 35 heavy (non-hydrogen) atoms. The van der Waals surface area contributed by atoms with Gasteiger partial charge in [-0.25, -0.2) is 8.42 Å². The van der Waals surface area contributed by atoms with Crippen LogP contribution in [0, 0.1) is 6.92 Å². The topological polar surface area (TPSA) is 84.9 Å². The summed E-state index contributed by atoms with van der Waals surface area (Å²) in [5.74, 6) is 1.17. The molecular formula is C27H32N2O5S. The minimum atomic E-state index is -3.95. The Morgan fingerprint density at radius 3 is 2.26 bits per heavy atom. The number of benzene rings is 3. The number of carbonyl (C=O) groups is 1. The van der Waals surface area contributed by atoms with Crippen molar-refractivity contribution in [2.24, 2.45) is 0 Å². The van der Waals surface area contributed by atoms with E-state index < -0.39 is 15.9 Å². The van der Waals surface area contributed by atoms with Crippen molar-refractivity contribution in [1.29, 1.82) is 0 Å². The molecule has 1 N–H and O–H groups in total. The molecule has 0 aliphatic heterocycles. The van der Waals surface area contributed by atoms with Crippen molar-refractivity contribution >= 4 is 21.6 Å². The highest BCUT2D eigenvalue weighted by Gasteiger charge is 2.27. The van der Waals surface area contributed by atoms with Crippen molar-refractivity contribution < 1.29 is 22.7 Å². The highest BCUT2D eigenvalue weighted by Crippen LogP contribution is 2.26. The van der Waals surface area contributed by atoms with E-state index in [2.05, 4.69) is 19.2 Å². The molecule has 0 unspecified atom stereocenters. The lowest BCUT2D eigenvalue weighted by molar-refractivity contribution is -0.119. The normalized spacial score (nSPS) is 11.2. The second-order valence-electron chi connectivity index (χ2n) is 8.45. The van der Waals surface area contributed by atoms with E-state index >= 15 is 0 Å². The Kier molecular flexibility index (Phi) is 8.76. The molecule has 7 nitrogen and oxygen atoms in total. The molecule has 0 saturated carbocycles. The summed E-state index contributed by atoms with van der Waals surface area (Å²) in [5, 5.41) is 2.74. The van der Waals surface area contributed by atoms with E-state index in [0.29, 0.717) is 23.1 Å². The Hall–Kier alpha value is -3.52. The first-order valence-electron chi connectivity index (χ1n) is 11.4. The van der Waals surface area contributed by atoms with Gasteiger partial charge in [0, 0.05) is 6.07 Å². The lowest BCUT2D eigenvalue weighted by Crippen LogP contribution is -2.41. The Morgan fingerprint density at radius 1 is 0.971 bits per heavy atom. The predicted molar refractivity (Wildman–Crippen MR) is 138 cm³/mol. The Bertz CT molecular complexity index is 1220. The number of hydrogen-bond acceptors (Lipinski definition) is 5. The fraction of sp³-hybridized carbons (Fsp3) is 0.296. The summed E-state index contributed by atoms with van der Waals surface area (Å²) in [4.78, 5) is 12.9. The van der Waals surface area contributed by atoms with Gasteiger partial charge in [0.15, 0.2) is 0 Å². The van der Waals surface area contributed by atoms with Gasteiger partial charge in [0.05, 0.1) is 24.2 Å². The Morgan fingerprint density at radius 2 is 1.63 bits per heavy atom. The number of nitrogens with zero attached hydrogens (tertiary/aromatic N) is 1. The van der Waals surface area contributed by atoms with Gasteiger partial charge in [-0.15, -0.1) is 0 Å².